The Kier molecular flexibility index (Phi) is 3.67. The zero-order valence-corrected chi connectivity index (χ0v) is 11.1. The molecule has 1 atom stereocenters. The van der Waals surface area contributed by atoms with Gasteiger partial charge in [0.25, 0.3) is 0 Å². The van der Waals surface area contributed by atoms with E-state index in [1.54, 1.807) is 0 Å². The van der Waals surface area contributed by atoms with Crippen LogP contribution in [0, 0.1) is 13.8 Å². The fourth-order valence-corrected chi connectivity index (χ4v) is 2.15. The third-order valence-electron chi connectivity index (χ3n) is 3.14. The number of hydrogen-bond acceptors (Lipinski definition) is 3. The third kappa shape index (κ3) is 2.54. The van der Waals surface area contributed by atoms with Gasteiger partial charge in [-0.2, -0.15) is 5.10 Å². The first-order chi connectivity index (χ1) is 8.61. The molecule has 0 aliphatic carbocycles. The van der Waals surface area contributed by atoms with Gasteiger partial charge in [0.15, 0.2) is 0 Å². The minimum atomic E-state index is 0.0970. The molecular formula is C14H20N4. The van der Waals surface area contributed by atoms with Crippen LogP contribution < -0.4 is 11.1 Å². The zero-order chi connectivity index (χ0) is 13.1. The SMILES string of the molecule is Cc1ccccc1NC(CN)c1cn(C)nc1C. The molecule has 2 rings (SSSR count). The number of nitrogens with zero attached hydrogens (tertiary/aromatic N) is 2. The van der Waals surface area contributed by atoms with E-state index in [9.17, 15) is 0 Å². The van der Waals surface area contributed by atoms with Crippen LogP contribution in [0.1, 0.15) is 22.9 Å². The number of rotatable bonds is 4. The number of aromatic nitrogens is 2. The highest BCUT2D eigenvalue weighted by molar-refractivity contribution is 5.52. The summed E-state index contributed by atoms with van der Waals surface area (Å²) in [6, 6.07) is 8.32. The van der Waals surface area contributed by atoms with Crippen molar-refractivity contribution in [3.8, 4) is 0 Å². The molecule has 1 aromatic heterocycles. The highest BCUT2D eigenvalue weighted by atomic mass is 15.3. The number of benzene rings is 1. The topological polar surface area (TPSA) is 55.9 Å². The first kappa shape index (κ1) is 12.6. The predicted octanol–water partition coefficient (Wildman–Crippen LogP) is 2.15. The van der Waals surface area contributed by atoms with E-state index in [4.69, 9.17) is 5.73 Å². The van der Waals surface area contributed by atoms with Crippen molar-refractivity contribution in [2.45, 2.75) is 19.9 Å². The summed E-state index contributed by atoms with van der Waals surface area (Å²) in [5.41, 5.74) is 10.4. The summed E-state index contributed by atoms with van der Waals surface area (Å²) in [4.78, 5) is 0. The fourth-order valence-electron chi connectivity index (χ4n) is 2.15. The molecule has 4 heteroatoms. The number of aryl methyl sites for hydroxylation is 3. The van der Waals surface area contributed by atoms with E-state index in [2.05, 4.69) is 29.5 Å². The smallest absolute Gasteiger partial charge is 0.0669 e. The van der Waals surface area contributed by atoms with E-state index in [0.29, 0.717) is 6.54 Å². The van der Waals surface area contributed by atoms with Gasteiger partial charge in [-0.25, -0.2) is 0 Å². The molecule has 0 bridgehead atoms. The third-order valence-corrected chi connectivity index (χ3v) is 3.14. The Morgan fingerprint density at radius 2 is 2.06 bits per heavy atom. The summed E-state index contributed by atoms with van der Waals surface area (Å²) in [6.45, 7) is 4.64. The van der Waals surface area contributed by atoms with Crippen LogP contribution in [-0.2, 0) is 7.05 Å². The highest BCUT2D eigenvalue weighted by Gasteiger charge is 2.15. The van der Waals surface area contributed by atoms with Crippen molar-refractivity contribution in [3.05, 3.63) is 47.3 Å². The van der Waals surface area contributed by atoms with Crippen molar-refractivity contribution in [1.29, 1.82) is 0 Å². The maximum atomic E-state index is 5.88. The standard InChI is InChI=1S/C14H20N4/c1-10-6-4-5-7-13(10)16-14(8-15)12-9-18(3)17-11(12)2/h4-7,9,14,16H,8,15H2,1-3H3. The number of nitrogens with one attached hydrogen (secondary N) is 1. The summed E-state index contributed by atoms with van der Waals surface area (Å²) >= 11 is 0. The Bertz CT molecular complexity index is 530. The van der Waals surface area contributed by atoms with E-state index < -0.39 is 0 Å². The molecule has 0 fully saturated rings. The lowest BCUT2D eigenvalue weighted by Crippen LogP contribution is -2.21. The summed E-state index contributed by atoms with van der Waals surface area (Å²) in [5.74, 6) is 0. The minimum Gasteiger partial charge on any atom is -0.377 e. The van der Waals surface area contributed by atoms with Gasteiger partial charge in [0.1, 0.15) is 0 Å². The summed E-state index contributed by atoms with van der Waals surface area (Å²) in [5, 5.41) is 7.85. The predicted molar refractivity (Wildman–Crippen MR) is 74.5 cm³/mol. The molecule has 4 nitrogen and oxygen atoms in total. The maximum Gasteiger partial charge on any atom is 0.0669 e. The van der Waals surface area contributed by atoms with Gasteiger partial charge < -0.3 is 11.1 Å². The molecule has 0 aliphatic rings. The second kappa shape index (κ2) is 5.23. The van der Waals surface area contributed by atoms with Crippen LogP contribution in [0.3, 0.4) is 0 Å². The van der Waals surface area contributed by atoms with Gasteiger partial charge in [0.2, 0.25) is 0 Å². The molecule has 3 N–H and O–H groups in total. The molecule has 1 aromatic carbocycles. The fraction of sp³-hybridized carbons (Fsp3) is 0.357. The van der Waals surface area contributed by atoms with Crippen LogP contribution in [0.4, 0.5) is 5.69 Å². The van der Waals surface area contributed by atoms with Crippen LogP contribution >= 0.6 is 0 Å². The first-order valence-corrected chi connectivity index (χ1v) is 6.14. The highest BCUT2D eigenvalue weighted by Crippen LogP contribution is 2.23. The Labute approximate surface area is 108 Å². The lowest BCUT2D eigenvalue weighted by molar-refractivity contribution is 0.754. The molecular weight excluding hydrogens is 224 g/mol. The van der Waals surface area contributed by atoms with Crippen molar-refractivity contribution >= 4 is 5.69 Å². The monoisotopic (exact) mass is 244 g/mol. The lowest BCUT2D eigenvalue weighted by atomic mass is 10.1. The molecule has 0 saturated heterocycles. The second-order valence-corrected chi connectivity index (χ2v) is 4.59. The molecule has 96 valence electrons. The molecule has 0 amide bonds. The van der Waals surface area contributed by atoms with Crippen molar-refractivity contribution in [1.82, 2.24) is 9.78 Å². The molecule has 1 unspecified atom stereocenters. The first-order valence-electron chi connectivity index (χ1n) is 6.14. The average molecular weight is 244 g/mol. The average Bonchev–Trinajstić information content (AvgIpc) is 2.67. The zero-order valence-electron chi connectivity index (χ0n) is 11.1. The minimum absolute atomic E-state index is 0.0970. The van der Waals surface area contributed by atoms with Gasteiger partial charge in [-0.1, -0.05) is 18.2 Å². The molecule has 1 heterocycles. The quantitative estimate of drug-likeness (QED) is 0.866. The van der Waals surface area contributed by atoms with Crippen LogP contribution in [0.25, 0.3) is 0 Å². The molecule has 18 heavy (non-hydrogen) atoms. The van der Waals surface area contributed by atoms with Crippen molar-refractivity contribution in [2.24, 2.45) is 12.8 Å². The van der Waals surface area contributed by atoms with Gasteiger partial charge >= 0.3 is 0 Å². The van der Waals surface area contributed by atoms with E-state index >= 15 is 0 Å². The largest absolute Gasteiger partial charge is 0.377 e. The molecule has 0 spiro atoms. The van der Waals surface area contributed by atoms with Gasteiger partial charge in [0.05, 0.1) is 11.7 Å². The van der Waals surface area contributed by atoms with E-state index in [1.165, 1.54) is 5.56 Å². The summed E-state index contributed by atoms with van der Waals surface area (Å²) in [6.07, 6.45) is 2.03. The van der Waals surface area contributed by atoms with E-state index in [0.717, 1.165) is 16.9 Å². The number of nitrogens with two attached hydrogens (primary N) is 1. The number of hydrogen-bond donors (Lipinski definition) is 2. The maximum absolute atomic E-state index is 5.88. The lowest BCUT2D eigenvalue weighted by Gasteiger charge is -2.19. The number of para-hydroxylation sites is 1. The van der Waals surface area contributed by atoms with Gasteiger partial charge in [-0.15, -0.1) is 0 Å². The Hall–Kier alpha value is -1.81. The van der Waals surface area contributed by atoms with E-state index in [-0.39, 0.29) is 6.04 Å². The van der Waals surface area contributed by atoms with Crippen molar-refractivity contribution in [2.75, 3.05) is 11.9 Å². The van der Waals surface area contributed by atoms with Crippen molar-refractivity contribution in [3.63, 3.8) is 0 Å². The van der Waals surface area contributed by atoms with Crippen LogP contribution in [0.2, 0.25) is 0 Å². The summed E-state index contributed by atoms with van der Waals surface area (Å²) < 4.78 is 1.83. The molecule has 0 aliphatic heterocycles. The van der Waals surface area contributed by atoms with Crippen LogP contribution in [-0.4, -0.2) is 16.3 Å². The Morgan fingerprint density at radius 1 is 1.33 bits per heavy atom. The number of anilines is 1. The normalized spacial score (nSPS) is 12.4. The molecule has 0 saturated carbocycles. The van der Waals surface area contributed by atoms with Crippen LogP contribution in [0.5, 0.6) is 0 Å². The second-order valence-electron chi connectivity index (χ2n) is 4.59. The van der Waals surface area contributed by atoms with Crippen molar-refractivity contribution < 1.29 is 0 Å². The van der Waals surface area contributed by atoms with Crippen LogP contribution in [0.15, 0.2) is 30.5 Å². The summed E-state index contributed by atoms with van der Waals surface area (Å²) in [7, 11) is 1.93. The molecule has 0 radical (unpaired) electrons. The van der Waals surface area contributed by atoms with Gasteiger partial charge in [-0.05, 0) is 25.5 Å². The Balaban J connectivity index is 2.25. The van der Waals surface area contributed by atoms with Gasteiger partial charge in [0, 0.05) is 31.0 Å². The van der Waals surface area contributed by atoms with E-state index in [1.807, 2.05) is 37.0 Å². The van der Waals surface area contributed by atoms with Gasteiger partial charge in [-0.3, -0.25) is 4.68 Å². The Morgan fingerprint density at radius 3 is 2.61 bits per heavy atom. The molecule has 2 aromatic rings.